The molecule has 0 bridgehead atoms. The first-order valence-electron chi connectivity index (χ1n) is 6.63. The van der Waals surface area contributed by atoms with Crippen LogP contribution in [-0.2, 0) is 4.74 Å². The lowest BCUT2D eigenvalue weighted by Crippen LogP contribution is -2.00. The molecule has 76 valence electrons. The summed E-state index contributed by atoms with van der Waals surface area (Å²) in [4.78, 5) is 18.0. The molecule has 0 radical (unpaired) electrons. The number of esters is 1. The summed E-state index contributed by atoms with van der Waals surface area (Å²) in [5, 5.41) is 0. The van der Waals surface area contributed by atoms with Crippen molar-refractivity contribution in [2.75, 3.05) is 7.04 Å². The van der Waals surface area contributed by atoms with Crippen molar-refractivity contribution in [3.05, 3.63) is 42.2 Å². The van der Waals surface area contributed by atoms with Gasteiger partial charge in [0, 0.05) is 17.9 Å². The minimum Gasteiger partial charge on any atom is -0.465 e. The fourth-order valence-electron chi connectivity index (χ4n) is 1.19. The maximum absolute atomic E-state index is 11.6. The smallest absolute Gasteiger partial charge is 0.337 e. The van der Waals surface area contributed by atoms with Gasteiger partial charge in [0.25, 0.3) is 0 Å². The third-order valence-corrected chi connectivity index (χ3v) is 1.87. The van der Waals surface area contributed by atoms with E-state index in [1.807, 2.05) is 0 Å². The van der Waals surface area contributed by atoms with Crippen LogP contribution in [0.1, 0.15) is 17.2 Å². The highest BCUT2D eigenvalue weighted by atomic mass is 16.5. The Bertz CT molecular complexity index is 631. The number of methoxy groups -OCH3 is 1. The number of hydrogen-bond acceptors (Lipinski definition) is 3. The van der Waals surface area contributed by atoms with Gasteiger partial charge in [0.15, 0.2) is 0 Å². The molecule has 1 N–H and O–H groups in total. The second kappa shape index (κ2) is 3.96. The highest BCUT2D eigenvalue weighted by molar-refractivity contribution is 5.90. The maximum Gasteiger partial charge on any atom is 0.337 e. The molecule has 0 fully saturated rings. The molecular formula is C11H10N2O2. The second-order valence-corrected chi connectivity index (χ2v) is 2.79. The predicted octanol–water partition coefficient (Wildman–Crippen LogP) is 1.86. The predicted molar refractivity (Wildman–Crippen MR) is 55.4 cm³/mol. The van der Waals surface area contributed by atoms with Gasteiger partial charge in [-0.05, 0) is 12.1 Å². The summed E-state index contributed by atoms with van der Waals surface area (Å²) in [7, 11) is -2.81. The third-order valence-electron chi connectivity index (χ3n) is 1.87. The van der Waals surface area contributed by atoms with Crippen LogP contribution in [0.2, 0.25) is 0 Å². The number of carbonyl (C=O) groups excluding carboxylic acids is 1. The maximum atomic E-state index is 11.6. The Kier molecular flexibility index (Phi) is 1.35. The van der Waals surface area contributed by atoms with Crippen LogP contribution in [-0.4, -0.2) is 23.0 Å². The number of nitrogens with one attached hydrogen (secondary N) is 1. The van der Waals surface area contributed by atoms with Gasteiger partial charge in [-0.15, -0.1) is 0 Å². The lowest BCUT2D eigenvalue weighted by molar-refractivity contribution is 0.0601. The summed E-state index contributed by atoms with van der Waals surface area (Å²) in [5.41, 5.74) is 0.505. The van der Waals surface area contributed by atoms with Gasteiger partial charge in [0.05, 0.1) is 19.5 Å². The number of benzene rings is 1. The standard InChI is InChI=1S/C11H10N2O2/c1-15-11(14)9-4-2-3-8(7-9)10-12-5-6-13-10/h2-7H,1H3,(H,12,13)/i1D3,5D,6D. The quantitative estimate of drug-likeness (QED) is 0.765. The van der Waals surface area contributed by atoms with E-state index in [4.69, 9.17) is 6.85 Å². The summed E-state index contributed by atoms with van der Waals surface area (Å²) < 4.78 is 39.7. The van der Waals surface area contributed by atoms with E-state index in [0.717, 1.165) is 0 Å². The summed E-state index contributed by atoms with van der Waals surface area (Å²) in [6, 6.07) is 5.93. The van der Waals surface area contributed by atoms with E-state index >= 15 is 0 Å². The van der Waals surface area contributed by atoms with E-state index in [1.54, 1.807) is 6.07 Å². The molecule has 1 heterocycles. The average molecular weight is 207 g/mol. The minimum atomic E-state index is -2.81. The van der Waals surface area contributed by atoms with Gasteiger partial charge in [-0.2, -0.15) is 0 Å². The number of hydrogen-bond donors (Lipinski definition) is 1. The Hall–Kier alpha value is -2.10. The van der Waals surface area contributed by atoms with Crippen LogP contribution in [0.25, 0.3) is 11.4 Å². The van der Waals surface area contributed by atoms with Crippen LogP contribution in [0.4, 0.5) is 0 Å². The molecule has 2 rings (SSSR count). The van der Waals surface area contributed by atoms with E-state index < -0.39 is 13.0 Å². The largest absolute Gasteiger partial charge is 0.465 e. The van der Waals surface area contributed by atoms with E-state index in [-0.39, 0.29) is 23.7 Å². The summed E-state index contributed by atoms with van der Waals surface area (Å²) in [6.07, 6.45) is -0.356. The molecule has 0 aliphatic carbocycles. The van der Waals surface area contributed by atoms with Crippen molar-refractivity contribution in [1.29, 1.82) is 0 Å². The minimum absolute atomic E-state index is 0.0492. The van der Waals surface area contributed by atoms with E-state index in [9.17, 15) is 4.79 Å². The van der Waals surface area contributed by atoms with Crippen molar-refractivity contribution in [1.82, 2.24) is 9.97 Å². The zero-order valence-corrected chi connectivity index (χ0v) is 7.57. The molecule has 0 saturated heterocycles. The zero-order chi connectivity index (χ0) is 14.9. The van der Waals surface area contributed by atoms with Gasteiger partial charge in [-0.1, -0.05) is 12.1 Å². The molecule has 4 heteroatoms. The number of aromatic nitrogens is 2. The molecule has 1 aromatic carbocycles. The van der Waals surface area contributed by atoms with Gasteiger partial charge in [0.1, 0.15) is 5.82 Å². The first kappa shape index (κ1) is 5.11. The summed E-state index contributed by atoms with van der Waals surface area (Å²) >= 11 is 0. The molecule has 0 amide bonds. The van der Waals surface area contributed by atoms with E-state index in [1.165, 1.54) is 18.2 Å². The van der Waals surface area contributed by atoms with Gasteiger partial charge in [0.2, 0.25) is 0 Å². The van der Waals surface area contributed by atoms with Crippen LogP contribution < -0.4 is 0 Å². The Morgan fingerprint density at radius 2 is 2.60 bits per heavy atom. The fourth-order valence-corrected chi connectivity index (χ4v) is 1.19. The summed E-state index contributed by atoms with van der Waals surface area (Å²) in [6.45, 7) is 0. The van der Waals surface area contributed by atoms with Crippen molar-refractivity contribution >= 4 is 5.97 Å². The molecule has 0 saturated carbocycles. The molecule has 0 unspecified atom stereocenters. The van der Waals surface area contributed by atoms with Crippen LogP contribution in [0, 0.1) is 0 Å². The number of rotatable bonds is 2. The zero-order valence-electron chi connectivity index (χ0n) is 12.6. The van der Waals surface area contributed by atoms with Gasteiger partial charge >= 0.3 is 5.97 Å². The third kappa shape index (κ3) is 1.88. The van der Waals surface area contributed by atoms with Crippen LogP contribution >= 0.6 is 0 Å². The van der Waals surface area contributed by atoms with Gasteiger partial charge in [-0.3, -0.25) is 0 Å². The Balaban J connectivity index is 2.30. The van der Waals surface area contributed by atoms with Crippen LogP contribution in [0.15, 0.2) is 36.6 Å². The lowest BCUT2D eigenvalue weighted by Gasteiger charge is -2.01. The van der Waals surface area contributed by atoms with Gasteiger partial charge < -0.3 is 9.72 Å². The molecule has 0 spiro atoms. The van der Waals surface area contributed by atoms with Crippen molar-refractivity contribution in [3.63, 3.8) is 0 Å². The molecule has 0 atom stereocenters. The van der Waals surface area contributed by atoms with E-state index in [2.05, 4.69) is 14.7 Å². The number of carbonyl (C=O) groups is 1. The number of aromatic amines is 1. The van der Waals surface area contributed by atoms with Crippen LogP contribution in [0.3, 0.4) is 0 Å². The second-order valence-electron chi connectivity index (χ2n) is 2.79. The normalized spacial score (nSPS) is 15.6. The highest BCUT2D eigenvalue weighted by Crippen LogP contribution is 2.16. The average Bonchev–Trinajstić information content (AvgIpc) is 2.68. The molecule has 0 aliphatic rings. The number of imidazole rings is 1. The first-order valence-corrected chi connectivity index (χ1v) is 4.13. The monoisotopic (exact) mass is 207 g/mol. The van der Waals surface area contributed by atoms with Crippen molar-refractivity contribution in [3.8, 4) is 11.4 Å². The molecule has 0 aliphatic heterocycles. The molecule has 15 heavy (non-hydrogen) atoms. The Morgan fingerprint density at radius 3 is 3.33 bits per heavy atom. The topological polar surface area (TPSA) is 55.0 Å². The first-order chi connectivity index (χ1) is 9.26. The number of ether oxygens (including phenoxy) is 1. The number of nitrogens with zero attached hydrogens (tertiary/aromatic N) is 1. The van der Waals surface area contributed by atoms with E-state index in [0.29, 0.717) is 5.56 Å². The Morgan fingerprint density at radius 1 is 1.67 bits per heavy atom. The molecular weight excluding hydrogens is 192 g/mol. The van der Waals surface area contributed by atoms with Crippen LogP contribution in [0.5, 0.6) is 0 Å². The Labute approximate surface area is 93.9 Å². The SMILES string of the molecule is [2H]c1nc(-c2cccc(C(=O)OC([2H])([2H])[2H])c2)[nH]c1[2H]. The van der Waals surface area contributed by atoms with Crippen molar-refractivity contribution < 1.29 is 16.4 Å². The summed E-state index contributed by atoms with van der Waals surface area (Å²) in [5.74, 6) is -0.723. The van der Waals surface area contributed by atoms with Crippen molar-refractivity contribution in [2.45, 2.75) is 0 Å². The lowest BCUT2D eigenvalue weighted by atomic mass is 10.1. The molecule has 1 aromatic heterocycles. The molecule has 2 aromatic rings. The molecule has 4 nitrogen and oxygen atoms in total. The highest BCUT2D eigenvalue weighted by Gasteiger charge is 2.07. The van der Waals surface area contributed by atoms with Gasteiger partial charge in [-0.25, -0.2) is 9.78 Å². The van der Waals surface area contributed by atoms with Crippen molar-refractivity contribution in [2.24, 2.45) is 0 Å². The fraction of sp³-hybridized carbons (Fsp3) is 0.0909. The number of H-pyrrole nitrogens is 1.